The molecule has 0 bridgehead atoms. The number of rotatable bonds is 5. The maximum Gasteiger partial charge on any atom is 0.0110 e. The first-order valence-electron chi connectivity index (χ1n) is 5.46. The van der Waals surface area contributed by atoms with Crippen molar-refractivity contribution >= 4 is 0 Å². The molecule has 0 atom stereocenters. The molecule has 1 fully saturated rings. The van der Waals surface area contributed by atoms with E-state index >= 15 is 0 Å². The number of nitrogens with one attached hydrogen (secondary N) is 1. The van der Waals surface area contributed by atoms with Crippen molar-refractivity contribution in [2.45, 2.75) is 13.3 Å². The lowest BCUT2D eigenvalue weighted by Gasteiger charge is -2.33. The number of hydrogen-bond acceptors (Lipinski definition) is 3. The van der Waals surface area contributed by atoms with Gasteiger partial charge in [-0.2, -0.15) is 0 Å². The molecule has 0 amide bonds. The SMILES string of the molecule is CCN1CCN(CCCNC)CC1. The normalized spacial score (nSPS) is 20.8. The molecule has 1 N–H and O–H groups in total. The third-order valence-electron chi connectivity index (χ3n) is 2.81. The molecular weight excluding hydrogens is 162 g/mol. The predicted octanol–water partition coefficient (Wildman–Crippen LogP) is 0.233. The van der Waals surface area contributed by atoms with E-state index in [4.69, 9.17) is 0 Å². The van der Waals surface area contributed by atoms with Gasteiger partial charge in [0.05, 0.1) is 0 Å². The van der Waals surface area contributed by atoms with Gasteiger partial charge in [-0.15, -0.1) is 0 Å². The summed E-state index contributed by atoms with van der Waals surface area (Å²) < 4.78 is 0. The Bertz CT molecular complexity index is 117. The molecule has 13 heavy (non-hydrogen) atoms. The lowest BCUT2D eigenvalue weighted by Crippen LogP contribution is -2.46. The largest absolute Gasteiger partial charge is 0.320 e. The number of nitrogens with zero attached hydrogens (tertiary/aromatic N) is 2. The van der Waals surface area contributed by atoms with Crippen LogP contribution >= 0.6 is 0 Å². The topological polar surface area (TPSA) is 18.5 Å². The van der Waals surface area contributed by atoms with Crippen LogP contribution in [0.1, 0.15) is 13.3 Å². The van der Waals surface area contributed by atoms with Crippen LogP contribution in [0.3, 0.4) is 0 Å². The van der Waals surface area contributed by atoms with Crippen molar-refractivity contribution in [3.63, 3.8) is 0 Å². The van der Waals surface area contributed by atoms with Crippen LogP contribution in [0.4, 0.5) is 0 Å². The van der Waals surface area contributed by atoms with E-state index in [0.717, 1.165) is 6.54 Å². The molecule has 0 unspecified atom stereocenters. The zero-order valence-electron chi connectivity index (χ0n) is 9.05. The molecule has 0 spiro atoms. The van der Waals surface area contributed by atoms with Crippen LogP contribution < -0.4 is 5.32 Å². The van der Waals surface area contributed by atoms with Gasteiger partial charge in [-0.1, -0.05) is 6.92 Å². The third-order valence-corrected chi connectivity index (χ3v) is 2.81. The summed E-state index contributed by atoms with van der Waals surface area (Å²) in [5.41, 5.74) is 0. The van der Waals surface area contributed by atoms with E-state index in [0.29, 0.717) is 0 Å². The minimum absolute atomic E-state index is 1.15. The highest BCUT2D eigenvalue weighted by Gasteiger charge is 2.13. The van der Waals surface area contributed by atoms with Gasteiger partial charge in [0.15, 0.2) is 0 Å². The van der Waals surface area contributed by atoms with Gasteiger partial charge in [-0.25, -0.2) is 0 Å². The summed E-state index contributed by atoms with van der Waals surface area (Å²) >= 11 is 0. The van der Waals surface area contributed by atoms with E-state index in [9.17, 15) is 0 Å². The number of likely N-dealkylation sites (N-methyl/N-ethyl adjacent to an activating group) is 1. The fraction of sp³-hybridized carbons (Fsp3) is 1.00. The van der Waals surface area contributed by atoms with E-state index in [1.54, 1.807) is 0 Å². The second-order valence-corrected chi connectivity index (χ2v) is 3.73. The van der Waals surface area contributed by atoms with Gasteiger partial charge in [0.2, 0.25) is 0 Å². The molecule has 0 aliphatic carbocycles. The van der Waals surface area contributed by atoms with Gasteiger partial charge in [-0.3, -0.25) is 0 Å². The van der Waals surface area contributed by atoms with E-state index in [-0.39, 0.29) is 0 Å². The van der Waals surface area contributed by atoms with Gasteiger partial charge < -0.3 is 15.1 Å². The van der Waals surface area contributed by atoms with Gasteiger partial charge in [0.25, 0.3) is 0 Å². The van der Waals surface area contributed by atoms with Gasteiger partial charge >= 0.3 is 0 Å². The average molecular weight is 185 g/mol. The second-order valence-electron chi connectivity index (χ2n) is 3.73. The molecule has 1 aliphatic heterocycles. The molecule has 1 heterocycles. The predicted molar refractivity (Wildman–Crippen MR) is 57.1 cm³/mol. The van der Waals surface area contributed by atoms with E-state index in [1.807, 2.05) is 7.05 Å². The van der Waals surface area contributed by atoms with Gasteiger partial charge in [0, 0.05) is 26.2 Å². The molecule has 0 radical (unpaired) electrons. The van der Waals surface area contributed by atoms with E-state index < -0.39 is 0 Å². The van der Waals surface area contributed by atoms with Crippen molar-refractivity contribution in [1.82, 2.24) is 15.1 Å². The Morgan fingerprint density at radius 3 is 2.23 bits per heavy atom. The monoisotopic (exact) mass is 185 g/mol. The summed E-state index contributed by atoms with van der Waals surface area (Å²) in [4.78, 5) is 5.10. The Labute approximate surface area is 82.1 Å². The third kappa shape index (κ3) is 4.07. The minimum atomic E-state index is 1.15. The summed E-state index contributed by atoms with van der Waals surface area (Å²) in [5, 5.41) is 3.19. The molecule has 0 aromatic rings. The Morgan fingerprint density at radius 1 is 1.08 bits per heavy atom. The summed E-state index contributed by atoms with van der Waals surface area (Å²) in [6, 6.07) is 0. The van der Waals surface area contributed by atoms with Crippen LogP contribution in [0.2, 0.25) is 0 Å². The van der Waals surface area contributed by atoms with Crippen LogP contribution in [-0.4, -0.2) is 62.7 Å². The molecular formula is C10H23N3. The van der Waals surface area contributed by atoms with Crippen LogP contribution in [0.25, 0.3) is 0 Å². The maximum atomic E-state index is 3.19. The standard InChI is InChI=1S/C10H23N3/c1-3-12-7-9-13(10-8-12)6-4-5-11-2/h11H,3-10H2,1-2H3. The zero-order valence-corrected chi connectivity index (χ0v) is 9.05. The summed E-state index contributed by atoms with van der Waals surface area (Å²) in [6.45, 7) is 10.9. The van der Waals surface area contributed by atoms with Gasteiger partial charge in [0.1, 0.15) is 0 Å². The van der Waals surface area contributed by atoms with Crippen molar-refractivity contribution in [2.75, 3.05) is 52.9 Å². The highest BCUT2D eigenvalue weighted by molar-refractivity contribution is 4.70. The molecule has 3 heteroatoms. The van der Waals surface area contributed by atoms with Crippen LogP contribution in [0.5, 0.6) is 0 Å². The maximum absolute atomic E-state index is 3.19. The smallest absolute Gasteiger partial charge is 0.0110 e. The van der Waals surface area contributed by atoms with Crippen molar-refractivity contribution < 1.29 is 0 Å². The molecule has 78 valence electrons. The van der Waals surface area contributed by atoms with Crippen molar-refractivity contribution in [3.05, 3.63) is 0 Å². The lowest BCUT2D eigenvalue weighted by atomic mass is 10.3. The van der Waals surface area contributed by atoms with E-state index in [2.05, 4.69) is 22.0 Å². The van der Waals surface area contributed by atoms with Crippen molar-refractivity contribution in [3.8, 4) is 0 Å². The average Bonchev–Trinajstić information content (AvgIpc) is 2.19. The summed E-state index contributed by atoms with van der Waals surface area (Å²) in [7, 11) is 2.02. The highest BCUT2D eigenvalue weighted by atomic mass is 15.3. The molecule has 1 rings (SSSR count). The Morgan fingerprint density at radius 2 is 1.69 bits per heavy atom. The van der Waals surface area contributed by atoms with E-state index in [1.165, 1.54) is 45.7 Å². The molecule has 0 aromatic heterocycles. The van der Waals surface area contributed by atoms with Crippen molar-refractivity contribution in [2.24, 2.45) is 0 Å². The Hall–Kier alpha value is -0.120. The second kappa shape index (κ2) is 6.35. The molecule has 1 aliphatic rings. The van der Waals surface area contributed by atoms with Crippen LogP contribution in [0.15, 0.2) is 0 Å². The van der Waals surface area contributed by atoms with Crippen LogP contribution in [0, 0.1) is 0 Å². The highest BCUT2D eigenvalue weighted by Crippen LogP contribution is 2.01. The number of hydrogen-bond donors (Lipinski definition) is 1. The Balaban J connectivity index is 2.03. The molecule has 3 nitrogen and oxygen atoms in total. The molecule has 0 aromatic carbocycles. The first-order chi connectivity index (χ1) is 6.36. The Kier molecular flexibility index (Phi) is 5.35. The number of piperazine rings is 1. The fourth-order valence-corrected chi connectivity index (χ4v) is 1.81. The van der Waals surface area contributed by atoms with Crippen molar-refractivity contribution in [1.29, 1.82) is 0 Å². The quantitative estimate of drug-likeness (QED) is 0.619. The first kappa shape index (κ1) is 11.0. The fourth-order valence-electron chi connectivity index (χ4n) is 1.81. The molecule has 1 saturated heterocycles. The first-order valence-corrected chi connectivity index (χ1v) is 5.46. The minimum Gasteiger partial charge on any atom is -0.320 e. The van der Waals surface area contributed by atoms with Crippen LogP contribution in [-0.2, 0) is 0 Å². The summed E-state index contributed by atoms with van der Waals surface area (Å²) in [6.07, 6.45) is 1.28. The zero-order chi connectivity index (χ0) is 9.52. The summed E-state index contributed by atoms with van der Waals surface area (Å²) in [5.74, 6) is 0. The lowest BCUT2D eigenvalue weighted by molar-refractivity contribution is 0.136. The van der Waals surface area contributed by atoms with Gasteiger partial charge in [-0.05, 0) is 33.1 Å². The molecule has 0 saturated carbocycles.